The average molecular weight is 320 g/mol. The average Bonchev–Trinajstić information content (AvgIpc) is 2.59. The lowest BCUT2D eigenvalue weighted by atomic mass is 10.2. The number of nitrogens with one attached hydrogen (secondary N) is 1. The van der Waals surface area contributed by atoms with Crippen LogP contribution in [0.3, 0.4) is 0 Å². The minimum Gasteiger partial charge on any atom is -0.467 e. The Balaban J connectivity index is 2.03. The van der Waals surface area contributed by atoms with Crippen LogP contribution in [0.4, 0.5) is 0 Å². The third-order valence-corrected chi connectivity index (χ3v) is 3.51. The summed E-state index contributed by atoms with van der Waals surface area (Å²) >= 11 is 1.62. The number of aromatic nitrogens is 3. The zero-order valence-electron chi connectivity index (χ0n) is 12.5. The highest BCUT2D eigenvalue weighted by atomic mass is 32.2. The molecule has 2 aromatic rings. The molecular weight excluding hydrogens is 304 g/mol. The van der Waals surface area contributed by atoms with Gasteiger partial charge in [0.25, 0.3) is 5.91 Å². The van der Waals surface area contributed by atoms with E-state index in [2.05, 4.69) is 20.3 Å². The van der Waals surface area contributed by atoms with Crippen molar-refractivity contribution >= 4 is 17.7 Å². The zero-order chi connectivity index (χ0) is 15.9. The van der Waals surface area contributed by atoms with Crippen LogP contribution >= 0.6 is 11.8 Å². The molecular formula is C14H16N4O3S. The Morgan fingerprint density at radius 1 is 1.09 bits per heavy atom. The molecule has 2 rings (SSSR count). The first-order valence-electron chi connectivity index (χ1n) is 6.41. The van der Waals surface area contributed by atoms with Crippen LogP contribution in [0.15, 0.2) is 29.2 Å². The van der Waals surface area contributed by atoms with Gasteiger partial charge in [0, 0.05) is 10.5 Å². The minimum atomic E-state index is -0.203. The summed E-state index contributed by atoms with van der Waals surface area (Å²) in [4.78, 5) is 25.2. The molecule has 0 saturated heterocycles. The van der Waals surface area contributed by atoms with Crippen LogP contribution in [0.2, 0.25) is 0 Å². The molecule has 0 spiro atoms. The standard InChI is InChI=1S/C14H16N4O3S/c1-20-13-16-11(17-14(18-13)21-2)8-15-12(19)9-4-6-10(22-3)7-5-9/h4-7H,8H2,1-3H3,(H,15,19). The number of benzene rings is 1. The van der Waals surface area contributed by atoms with Crippen molar-refractivity contribution in [2.45, 2.75) is 11.4 Å². The van der Waals surface area contributed by atoms with Crippen molar-refractivity contribution in [3.63, 3.8) is 0 Å². The summed E-state index contributed by atoms with van der Waals surface area (Å²) in [6.45, 7) is 0.151. The molecule has 0 bridgehead atoms. The molecule has 8 heteroatoms. The van der Waals surface area contributed by atoms with Crippen molar-refractivity contribution in [2.75, 3.05) is 20.5 Å². The number of rotatable bonds is 6. The van der Waals surface area contributed by atoms with Gasteiger partial charge in [0.15, 0.2) is 5.82 Å². The molecule has 1 aromatic heterocycles. The molecule has 116 valence electrons. The number of hydrogen-bond donors (Lipinski definition) is 1. The predicted octanol–water partition coefficient (Wildman–Crippen LogP) is 1.54. The van der Waals surface area contributed by atoms with Crippen molar-refractivity contribution in [1.29, 1.82) is 0 Å². The molecule has 0 saturated carbocycles. The lowest BCUT2D eigenvalue weighted by molar-refractivity contribution is 0.0949. The molecule has 0 fully saturated rings. The minimum absolute atomic E-state index is 0.139. The fourth-order valence-electron chi connectivity index (χ4n) is 1.64. The molecule has 1 heterocycles. The maximum atomic E-state index is 12.1. The monoisotopic (exact) mass is 320 g/mol. The Bertz CT molecular complexity index is 627. The van der Waals surface area contributed by atoms with Crippen LogP contribution in [0.1, 0.15) is 16.2 Å². The molecule has 0 aliphatic heterocycles. The van der Waals surface area contributed by atoms with Gasteiger partial charge in [-0.15, -0.1) is 16.7 Å². The van der Waals surface area contributed by atoms with Crippen molar-refractivity contribution in [3.8, 4) is 12.0 Å². The van der Waals surface area contributed by atoms with E-state index in [-0.39, 0.29) is 24.5 Å². The number of methoxy groups -OCH3 is 2. The summed E-state index contributed by atoms with van der Waals surface area (Å²) in [5.74, 6) is 0.156. The van der Waals surface area contributed by atoms with Gasteiger partial charge in [0.1, 0.15) is 0 Å². The van der Waals surface area contributed by atoms with Crippen molar-refractivity contribution in [3.05, 3.63) is 35.7 Å². The number of nitrogens with zero attached hydrogens (tertiary/aromatic N) is 3. The van der Waals surface area contributed by atoms with Crippen LogP contribution in [0.5, 0.6) is 12.0 Å². The van der Waals surface area contributed by atoms with Crippen LogP contribution in [-0.2, 0) is 6.54 Å². The van der Waals surface area contributed by atoms with Crippen molar-refractivity contribution in [2.24, 2.45) is 0 Å². The maximum Gasteiger partial charge on any atom is 0.322 e. The van der Waals surface area contributed by atoms with E-state index in [1.165, 1.54) is 14.2 Å². The SMILES string of the molecule is COc1nc(CNC(=O)c2ccc(SC)cc2)nc(OC)n1. The summed E-state index contributed by atoms with van der Waals surface area (Å²) in [5.41, 5.74) is 0.575. The second-order valence-electron chi connectivity index (χ2n) is 4.14. The molecule has 0 aliphatic carbocycles. The van der Waals surface area contributed by atoms with Gasteiger partial charge in [-0.05, 0) is 30.5 Å². The topological polar surface area (TPSA) is 86.2 Å². The van der Waals surface area contributed by atoms with Gasteiger partial charge in [0.05, 0.1) is 20.8 Å². The molecule has 0 aliphatic rings. The molecule has 0 atom stereocenters. The highest BCUT2D eigenvalue weighted by Gasteiger charge is 2.10. The first kappa shape index (κ1) is 16.0. The Hall–Kier alpha value is -2.35. The van der Waals surface area contributed by atoms with Crippen molar-refractivity contribution < 1.29 is 14.3 Å². The highest BCUT2D eigenvalue weighted by molar-refractivity contribution is 7.98. The first-order valence-corrected chi connectivity index (χ1v) is 7.64. The Morgan fingerprint density at radius 3 is 2.18 bits per heavy atom. The second-order valence-corrected chi connectivity index (χ2v) is 5.02. The summed E-state index contributed by atoms with van der Waals surface area (Å²) < 4.78 is 9.91. The summed E-state index contributed by atoms with van der Waals surface area (Å²) in [7, 11) is 2.90. The summed E-state index contributed by atoms with van der Waals surface area (Å²) in [6.07, 6.45) is 1.98. The molecule has 22 heavy (non-hydrogen) atoms. The first-order chi connectivity index (χ1) is 10.7. The van der Waals surface area contributed by atoms with Gasteiger partial charge >= 0.3 is 12.0 Å². The molecule has 1 N–H and O–H groups in total. The van der Waals surface area contributed by atoms with Crippen molar-refractivity contribution in [1.82, 2.24) is 20.3 Å². The fourth-order valence-corrected chi connectivity index (χ4v) is 2.05. The molecule has 1 aromatic carbocycles. The van der Waals surface area contributed by atoms with E-state index in [4.69, 9.17) is 9.47 Å². The number of thioether (sulfide) groups is 1. The van der Waals surface area contributed by atoms with E-state index in [0.717, 1.165) is 4.90 Å². The van der Waals surface area contributed by atoms with Crippen LogP contribution in [0, 0.1) is 0 Å². The number of amides is 1. The number of carbonyl (C=O) groups excluding carboxylic acids is 1. The molecule has 0 unspecified atom stereocenters. The van der Waals surface area contributed by atoms with E-state index >= 15 is 0 Å². The van der Waals surface area contributed by atoms with Gasteiger partial charge < -0.3 is 14.8 Å². The van der Waals surface area contributed by atoms with E-state index in [0.29, 0.717) is 11.4 Å². The Morgan fingerprint density at radius 2 is 1.68 bits per heavy atom. The second kappa shape index (κ2) is 7.60. The quantitative estimate of drug-likeness (QED) is 0.808. The lowest BCUT2D eigenvalue weighted by Gasteiger charge is -2.07. The van der Waals surface area contributed by atoms with Gasteiger partial charge in [-0.2, -0.15) is 9.97 Å². The normalized spacial score (nSPS) is 10.1. The van der Waals surface area contributed by atoms with Gasteiger partial charge in [-0.3, -0.25) is 4.79 Å². The number of ether oxygens (including phenoxy) is 2. The smallest absolute Gasteiger partial charge is 0.322 e. The number of hydrogen-bond acceptors (Lipinski definition) is 7. The van der Waals surface area contributed by atoms with E-state index in [1.807, 2.05) is 18.4 Å². The Kier molecular flexibility index (Phi) is 5.54. The summed E-state index contributed by atoms with van der Waals surface area (Å²) in [5, 5.41) is 2.75. The van der Waals surface area contributed by atoms with E-state index in [9.17, 15) is 4.79 Å². The molecule has 1 amide bonds. The third-order valence-electron chi connectivity index (χ3n) is 2.77. The van der Waals surface area contributed by atoms with Crippen LogP contribution < -0.4 is 14.8 Å². The number of carbonyl (C=O) groups is 1. The molecule has 7 nitrogen and oxygen atoms in total. The third kappa shape index (κ3) is 4.08. The molecule has 0 radical (unpaired) electrons. The highest BCUT2D eigenvalue weighted by Crippen LogP contribution is 2.15. The van der Waals surface area contributed by atoms with Gasteiger partial charge in [0.2, 0.25) is 0 Å². The van der Waals surface area contributed by atoms with Gasteiger partial charge in [-0.25, -0.2) is 0 Å². The fraction of sp³-hybridized carbons (Fsp3) is 0.286. The zero-order valence-corrected chi connectivity index (χ0v) is 13.3. The summed E-state index contributed by atoms with van der Waals surface area (Å²) in [6, 6.07) is 7.62. The van der Waals surface area contributed by atoms with Gasteiger partial charge in [-0.1, -0.05) is 0 Å². The lowest BCUT2D eigenvalue weighted by Crippen LogP contribution is -2.24. The maximum absolute atomic E-state index is 12.1. The van der Waals surface area contributed by atoms with Crippen LogP contribution in [0.25, 0.3) is 0 Å². The van der Waals surface area contributed by atoms with E-state index in [1.54, 1.807) is 23.9 Å². The largest absolute Gasteiger partial charge is 0.467 e. The predicted molar refractivity (Wildman–Crippen MR) is 82.3 cm³/mol. The van der Waals surface area contributed by atoms with E-state index < -0.39 is 0 Å². The van der Waals surface area contributed by atoms with Crippen LogP contribution in [-0.4, -0.2) is 41.3 Å². The Labute approximate surface area is 132 Å².